The molecule has 7 nitrogen and oxygen atoms in total. The lowest BCUT2D eigenvalue weighted by atomic mass is 10.0. The SMILES string of the molecule is CC(C(=O)N1CCN(S(=O)(=O)N=S(C)(C)=O)CC1)C1CC1. The van der Waals surface area contributed by atoms with Gasteiger partial charge in [0.25, 0.3) is 0 Å². The third-order valence-corrected chi connectivity index (χ3v) is 7.08. The normalized spacial score (nSPS) is 22.9. The van der Waals surface area contributed by atoms with Crippen LogP contribution in [0.3, 0.4) is 0 Å². The Morgan fingerprint density at radius 3 is 2.05 bits per heavy atom. The van der Waals surface area contributed by atoms with E-state index >= 15 is 0 Å². The van der Waals surface area contributed by atoms with Crippen molar-refractivity contribution in [2.45, 2.75) is 19.8 Å². The van der Waals surface area contributed by atoms with Gasteiger partial charge in [0.1, 0.15) is 0 Å². The lowest BCUT2D eigenvalue weighted by molar-refractivity contribution is -0.136. The quantitative estimate of drug-likeness (QED) is 0.730. The average molecular weight is 337 g/mol. The summed E-state index contributed by atoms with van der Waals surface area (Å²) in [5.74, 6) is 0.642. The fourth-order valence-corrected chi connectivity index (χ4v) is 5.32. The molecule has 122 valence electrons. The molecular formula is C12H23N3O4S2. The molecule has 0 bridgehead atoms. The Labute approximate surface area is 127 Å². The molecule has 1 heterocycles. The Balaban J connectivity index is 1.97. The Kier molecular flexibility index (Phi) is 4.65. The number of carbonyl (C=O) groups excluding carboxylic acids is 1. The first-order valence-corrected chi connectivity index (χ1v) is 10.8. The minimum atomic E-state index is -3.87. The second-order valence-corrected chi connectivity index (χ2v) is 10.5. The van der Waals surface area contributed by atoms with Gasteiger partial charge in [-0.3, -0.25) is 4.79 Å². The van der Waals surface area contributed by atoms with Gasteiger partial charge in [0.15, 0.2) is 0 Å². The van der Waals surface area contributed by atoms with Gasteiger partial charge in [0.05, 0.1) is 9.73 Å². The molecule has 9 heteroatoms. The van der Waals surface area contributed by atoms with Crippen LogP contribution in [0, 0.1) is 11.8 Å². The molecule has 2 rings (SSSR count). The maximum absolute atomic E-state index is 12.3. The summed E-state index contributed by atoms with van der Waals surface area (Å²) in [4.78, 5) is 14.0. The van der Waals surface area contributed by atoms with Crippen molar-refractivity contribution in [2.24, 2.45) is 15.6 Å². The first-order valence-electron chi connectivity index (χ1n) is 7.07. The Bertz CT molecular complexity index is 617. The van der Waals surface area contributed by atoms with Gasteiger partial charge < -0.3 is 4.90 Å². The fourth-order valence-electron chi connectivity index (χ4n) is 2.50. The third-order valence-electron chi connectivity index (χ3n) is 3.87. The molecule has 1 aliphatic heterocycles. The van der Waals surface area contributed by atoms with E-state index in [1.807, 2.05) is 6.92 Å². The maximum atomic E-state index is 12.3. The van der Waals surface area contributed by atoms with E-state index < -0.39 is 19.9 Å². The predicted molar refractivity (Wildman–Crippen MR) is 81.4 cm³/mol. The van der Waals surface area contributed by atoms with E-state index in [0.717, 1.165) is 12.8 Å². The van der Waals surface area contributed by atoms with Gasteiger partial charge in [0.2, 0.25) is 5.91 Å². The number of hydrogen-bond acceptors (Lipinski definition) is 4. The molecule has 1 saturated carbocycles. The zero-order chi connectivity index (χ0) is 15.8. The zero-order valence-electron chi connectivity index (χ0n) is 12.7. The Morgan fingerprint density at radius 2 is 1.62 bits per heavy atom. The predicted octanol–water partition coefficient (Wildman–Crippen LogP) is 0.149. The summed E-state index contributed by atoms with van der Waals surface area (Å²) in [6.45, 7) is 3.12. The highest BCUT2D eigenvalue weighted by atomic mass is 32.3. The standard InChI is InChI=1S/C12H23N3O4S2/c1-10(11-4-5-11)12(16)14-6-8-15(9-7-14)21(18,19)13-20(2,3)17/h10-11H,4-9H2,1-3H3. The van der Waals surface area contributed by atoms with Crippen molar-refractivity contribution in [3.8, 4) is 0 Å². The molecule has 1 unspecified atom stereocenters. The Morgan fingerprint density at radius 1 is 1.10 bits per heavy atom. The van der Waals surface area contributed by atoms with Crippen LogP contribution in [0.15, 0.2) is 3.77 Å². The van der Waals surface area contributed by atoms with Crippen LogP contribution >= 0.6 is 0 Å². The fraction of sp³-hybridized carbons (Fsp3) is 0.917. The van der Waals surface area contributed by atoms with Crippen LogP contribution in [-0.4, -0.2) is 66.4 Å². The zero-order valence-corrected chi connectivity index (χ0v) is 14.3. The first-order chi connectivity index (χ1) is 9.60. The van der Waals surface area contributed by atoms with Crippen molar-refractivity contribution in [1.82, 2.24) is 9.21 Å². The van der Waals surface area contributed by atoms with Crippen molar-refractivity contribution in [1.29, 1.82) is 0 Å². The summed E-state index contributed by atoms with van der Waals surface area (Å²) in [7, 11) is -6.58. The van der Waals surface area contributed by atoms with Crippen LogP contribution < -0.4 is 0 Å². The van der Waals surface area contributed by atoms with Crippen molar-refractivity contribution in [3.63, 3.8) is 0 Å². The summed E-state index contributed by atoms with van der Waals surface area (Å²) in [6, 6.07) is 0. The van der Waals surface area contributed by atoms with Gasteiger partial charge in [0, 0.05) is 44.6 Å². The second-order valence-electron chi connectivity index (χ2n) is 6.08. The number of amides is 1. The number of carbonyl (C=O) groups is 1. The van der Waals surface area contributed by atoms with Gasteiger partial charge in [-0.1, -0.05) is 10.7 Å². The number of nitrogens with zero attached hydrogens (tertiary/aromatic N) is 3. The van der Waals surface area contributed by atoms with E-state index in [1.165, 1.54) is 16.8 Å². The lowest BCUT2D eigenvalue weighted by Crippen LogP contribution is -2.51. The molecule has 0 spiro atoms. The molecule has 1 aliphatic carbocycles. The molecule has 1 atom stereocenters. The van der Waals surface area contributed by atoms with Crippen LogP contribution in [0.1, 0.15) is 19.8 Å². The van der Waals surface area contributed by atoms with Gasteiger partial charge in [-0.25, -0.2) is 4.21 Å². The van der Waals surface area contributed by atoms with E-state index in [0.29, 0.717) is 19.0 Å². The van der Waals surface area contributed by atoms with Crippen molar-refractivity contribution in [2.75, 3.05) is 38.7 Å². The summed E-state index contributed by atoms with van der Waals surface area (Å²) < 4.78 is 40.2. The molecule has 0 radical (unpaired) electrons. The van der Waals surface area contributed by atoms with E-state index in [-0.39, 0.29) is 24.9 Å². The van der Waals surface area contributed by atoms with Crippen molar-refractivity contribution < 1.29 is 17.4 Å². The summed E-state index contributed by atoms with van der Waals surface area (Å²) >= 11 is 0. The molecule has 0 aromatic rings. The van der Waals surface area contributed by atoms with Crippen LogP contribution in [0.2, 0.25) is 0 Å². The van der Waals surface area contributed by atoms with Gasteiger partial charge in [-0.2, -0.15) is 12.7 Å². The molecule has 21 heavy (non-hydrogen) atoms. The second kappa shape index (κ2) is 5.85. The highest BCUT2D eigenvalue weighted by Gasteiger charge is 2.37. The van der Waals surface area contributed by atoms with Gasteiger partial charge in [-0.15, -0.1) is 0 Å². The van der Waals surface area contributed by atoms with Crippen molar-refractivity contribution >= 4 is 25.8 Å². The highest BCUT2D eigenvalue weighted by Crippen LogP contribution is 2.37. The van der Waals surface area contributed by atoms with E-state index in [2.05, 4.69) is 3.77 Å². The topological polar surface area (TPSA) is 87.1 Å². The van der Waals surface area contributed by atoms with Gasteiger partial charge in [-0.05, 0) is 18.8 Å². The molecule has 0 N–H and O–H groups in total. The number of rotatable bonds is 4. The summed E-state index contributed by atoms with van der Waals surface area (Å²) in [5.41, 5.74) is 0. The lowest BCUT2D eigenvalue weighted by Gasteiger charge is -2.34. The van der Waals surface area contributed by atoms with Crippen molar-refractivity contribution in [3.05, 3.63) is 0 Å². The highest BCUT2D eigenvalue weighted by molar-refractivity contribution is 8.01. The molecule has 2 fully saturated rings. The third kappa shape index (κ3) is 4.40. The van der Waals surface area contributed by atoms with Crippen LogP contribution in [0.5, 0.6) is 0 Å². The molecule has 0 aromatic heterocycles. The van der Waals surface area contributed by atoms with Gasteiger partial charge >= 0.3 is 10.2 Å². The van der Waals surface area contributed by atoms with E-state index in [4.69, 9.17) is 0 Å². The maximum Gasteiger partial charge on any atom is 0.330 e. The number of hydrogen-bond donors (Lipinski definition) is 0. The monoisotopic (exact) mass is 337 g/mol. The Hall–Kier alpha value is -0.670. The molecular weight excluding hydrogens is 314 g/mol. The summed E-state index contributed by atoms with van der Waals surface area (Å²) in [6.07, 6.45) is 4.81. The van der Waals surface area contributed by atoms with E-state index in [9.17, 15) is 17.4 Å². The minimum Gasteiger partial charge on any atom is -0.340 e. The van der Waals surface area contributed by atoms with Crippen LogP contribution in [0.4, 0.5) is 0 Å². The molecule has 2 aliphatic rings. The molecule has 1 saturated heterocycles. The number of piperazine rings is 1. The average Bonchev–Trinajstić information content (AvgIpc) is 3.18. The summed E-state index contributed by atoms with van der Waals surface area (Å²) in [5, 5.41) is 0. The first kappa shape index (κ1) is 16.7. The van der Waals surface area contributed by atoms with Crippen LogP contribution in [-0.2, 0) is 24.7 Å². The minimum absolute atomic E-state index is 0.0304. The molecule has 0 aromatic carbocycles. The smallest absolute Gasteiger partial charge is 0.330 e. The van der Waals surface area contributed by atoms with Crippen LogP contribution in [0.25, 0.3) is 0 Å². The molecule has 1 amide bonds. The largest absolute Gasteiger partial charge is 0.340 e. The van der Waals surface area contributed by atoms with E-state index in [1.54, 1.807) is 4.90 Å².